The van der Waals surface area contributed by atoms with Gasteiger partial charge in [0.15, 0.2) is 0 Å². The van der Waals surface area contributed by atoms with Crippen LogP contribution in [0.3, 0.4) is 0 Å². The maximum absolute atomic E-state index is 13.9. The summed E-state index contributed by atoms with van der Waals surface area (Å²) in [5, 5.41) is 0.112. The summed E-state index contributed by atoms with van der Waals surface area (Å²) in [5.74, 6) is -1.97. The highest BCUT2D eigenvalue weighted by atomic mass is 35.7. The lowest BCUT2D eigenvalue weighted by Crippen LogP contribution is -2.26. The maximum atomic E-state index is 13.9. The van der Waals surface area contributed by atoms with Gasteiger partial charge in [0.25, 0.3) is 0 Å². The molecule has 1 aromatic rings. The quantitative estimate of drug-likeness (QED) is 0.779. The minimum absolute atomic E-state index is 0.00210. The lowest BCUT2D eigenvalue weighted by Gasteiger charge is -2.19. The van der Waals surface area contributed by atoms with Gasteiger partial charge in [-0.3, -0.25) is 4.79 Å². The van der Waals surface area contributed by atoms with Crippen LogP contribution in [0.15, 0.2) is 12.1 Å². The van der Waals surface area contributed by atoms with E-state index in [2.05, 4.69) is 0 Å². The molecule has 20 heavy (non-hydrogen) atoms. The first-order chi connectivity index (χ1) is 9.17. The topological polar surface area (TPSA) is 54.5 Å². The van der Waals surface area contributed by atoms with Crippen molar-refractivity contribution in [2.24, 2.45) is 5.92 Å². The molecule has 1 aromatic carbocycles. The molecule has 1 fully saturated rings. The number of hydrogen-bond acceptors (Lipinski definition) is 3. The fourth-order valence-corrected chi connectivity index (χ4v) is 4.07. The largest absolute Gasteiger partial charge is 0.308 e. The number of carbonyl (C=O) groups is 1. The fraction of sp³-hybridized carbons (Fsp3) is 0.364. The second-order valence-electron chi connectivity index (χ2n) is 4.50. The van der Waals surface area contributed by atoms with Crippen molar-refractivity contribution in [3.63, 3.8) is 0 Å². The summed E-state index contributed by atoms with van der Waals surface area (Å²) in [6, 6.07) is 2.36. The molecule has 1 saturated heterocycles. The third-order valence-electron chi connectivity index (χ3n) is 2.89. The van der Waals surface area contributed by atoms with Gasteiger partial charge in [0.05, 0.1) is 16.5 Å². The highest BCUT2D eigenvalue weighted by Gasteiger charge is 2.35. The van der Waals surface area contributed by atoms with Crippen LogP contribution in [0.4, 0.5) is 10.1 Å². The normalized spacial score (nSPS) is 19.7. The Morgan fingerprint density at radius 3 is 2.55 bits per heavy atom. The van der Waals surface area contributed by atoms with Crippen molar-refractivity contribution in [2.75, 3.05) is 17.2 Å². The SMILES string of the molecule is O=C1CC(CS(=O)(=O)Cl)CN1c1c(F)cc(Cl)cc1Cl. The van der Waals surface area contributed by atoms with Crippen LogP contribution in [0.1, 0.15) is 6.42 Å². The molecule has 0 aliphatic carbocycles. The Kier molecular flexibility index (Phi) is 4.49. The van der Waals surface area contributed by atoms with Gasteiger partial charge in [-0.05, 0) is 12.1 Å². The Hall–Kier alpha value is -0.560. The molecular formula is C11H9Cl3FNO3S. The van der Waals surface area contributed by atoms with Crippen LogP contribution in [0.5, 0.6) is 0 Å². The first-order valence-electron chi connectivity index (χ1n) is 5.54. The van der Waals surface area contributed by atoms with Gasteiger partial charge in [-0.2, -0.15) is 0 Å². The van der Waals surface area contributed by atoms with Crippen LogP contribution < -0.4 is 4.90 Å². The third kappa shape index (κ3) is 3.55. The van der Waals surface area contributed by atoms with E-state index in [9.17, 15) is 17.6 Å². The predicted molar refractivity (Wildman–Crippen MR) is 76.5 cm³/mol. The number of benzene rings is 1. The molecule has 9 heteroatoms. The van der Waals surface area contributed by atoms with E-state index in [1.807, 2.05) is 0 Å². The Labute approximate surface area is 129 Å². The monoisotopic (exact) mass is 359 g/mol. The first kappa shape index (κ1) is 15.8. The van der Waals surface area contributed by atoms with Crippen molar-refractivity contribution in [3.8, 4) is 0 Å². The van der Waals surface area contributed by atoms with Gasteiger partial charge in [-0.1, -0.05) is 23.2 Å². The number of rotatable bonds is 3. The fourth-order valence-electron chi connectivity index (χ4n) is 2.18. The molecule has 1 unspecified atom stereocenters. The Morgan fingerprint density at radius 1 is 1.35 bits per heavy atom. The summed E-state index contributed by atoms with van der Waals surface area (Å²) >= 11 is 11.6. The van der Waals surface area contributed by atoms with Gasteiger partial charge in [0.1, 0.15) is 5.82 Å². The van der Waals surface area contributed by atoms with E-state index in [1.165, 1.54) is 6.07 Å². The minimum atomic E-state index is -3.72. The van der Waals surface area contributed by atoms with E-state index < -0.39 is 26.7 Å². The summed E-state index contributed by atoms with van der Waals surface area (Å²) in [6.45, 7) is 0.0447. The van der Waals surface area contributed by atoms with Crippen LogP contribution in [-0.4, -0.2) is 26.6 Å². The summed E-state index contributed by atoms with van der Waals surface area (Å²) in [4.78, 5) is 13.0. The van der Waals surface area contributed by atoms with Crippen LogP contribution in [-0.2, 0) is 13.8 Å². The van der Waals surface area contributed by atoms with Crippen molar-refractivity contribution >= 4 is 54.5 Å². The number of hydrogen-bond donors (Lipinski definition) is 0. The predicted octanol–water partition coefficient (Wildman–Crippen LogP) is 3.05. The van der Waals surface area contributed by atoms with E-state index in [1.54, 1.807) is 0 Å². The van der Waals surface area contributed by atoms with Crippen molar-refractivity contribution in [3.05, 3.63) is 28.0 Å². The molecule has 1 heterocycles. The number of anilines is 1. The smallest absolute Gasteiger partial charge is 0.232 e. The molecule has 2 rings (SSSR count). The van der Waals surface area contributed by atoms with Crippen molar-refractivity contribution in [1.82, 2.24) is 0 Å². The number of carbonyl (C=O) groups excluding carboxylic acids is 1. The maximum Gasteiger partial charge on any atom is 0.232 e. The second-order valence-corrected chi connectivity index (χ2v) is 8.16. The number of nitrogens with zero attached hydrogens (tertiary/aromatic N) is 1. The standard InChI is InChI=1S/C11H9Cl3FNO3S/c12-7-2-8(13)11(9(15)3-7)16-4-6(1-10(16)17)5-20(14,18)19/h2-3,6H,1,4-5H2. The minimum Gasteiger partial charge on any atom is -0.308 e. The summed E-state index contributed by atoms with van der Waals surface area (Å²) in [5.41, 5.74) is -0.0875. The van der Waals surface area contributed by atoms with E-state index in [0.717, 1.165) is 11.0 Å². The zero-order valence-electron chi connectivity index (χ0n) is 9.95. The molecule has 1 amide bonds. The van der Waals surface area contributed by atoms with Gasteiger partial charge in [0.2, 0.25) is 15.0 Å². The third-order valence-corrected chi connectivity index (χ3v) is 4.65. The second kappa shape index (κ2) is 5.67. The molecule has 0 bridgehead atoms. The van der Waals surface area contributed by atoms with Crippen molar-refractivity contribution in [1.29, 1.82) is 0 Å². The van der Waals surface area contributed by atoms with Gasteiger partial charge in [0, 0.05) is 34.6 Å². The van der Waals surface area contributed by atoms with Crippen LogP contribution in [0.25, 0.3) is 0 Å². The lowest BCUT2D eigenvalue weighted by molar-refractivity contribution is -0.117. The highest BCUT2D eigenvalue weighted by molar-refractivity contribution is 8.13. The summed E-state index contributed by atoms with van der Waals surface area (Å²) in [6.07, 6.45) is -0.0235. The molecule has 1 aliphatic rings. The van der Waals surface area contributed by atoms with E-state index in [-0.39, 0.29) is 34.5 Å². The van der Waals surface area contributed by atoms with E-state index in [0.29, 0.717) is 0 Å². The Balaban J connectivity index is 2.29. The average molecular weight is 361 g/mol. The number of halogens is 4. The molecular weight excluding hydrogens is 352 g/mol. The molecule has 1 atom stereocenters. The first-order valence-corrected chi connectivity index (χ1v) is 8.78. The van der Waals surface area contributed by atoms with Crippen molar-refractivity contribution < 1.29 is 17.6 Å². The molecule has 4 nitrogen and oxygen atoms in total. The van der Waals surface area contributed by atoms with E-state index in [4.69, 9.17) is 33.9 Å². The molecule has 0 radical (unpaired) electrons. The average Bonchev–Trinajstić information content (AvgIpc) is 2.55. The van der Waals surface area contributed by atoms with Gasteiger partial charge in [-0.15, -0.1) is 0 Å². The van der Waals surface area contributed by atoms with Gasteiger partial charge < -0.3 is 4.90 Å². The zero-order valence-corrected chi connectivity index (χ0v) is 13.0. The summed E-state index contributed by atoms with van der Waals surface area (Å²) in [7, 11) is 1.44. The molecule has 110 valence electrons. The number of amides is 1. The highest BCUT2D eigenvalue weighted by Crippen LogP contribution is 2.36. The van der Waals surface area contributed by atoms with Gasteiger partial charge >= 0.3 is 0 Å². The lowest BCUT2D eigenvalue weighted by atomic mass is 10.1. The van der Waals surface area contributed by atoms with Crippen LogP contribution in [0, 0.1) is 11.7 Å². The molecule has 1 aliphatic heterocycles. The summed E-state index contributed by atoms with van der Waals surface area (Å²) < 4.78 is 36.0. The Morgan fingerprint density at radius 2 is 2.00 bits per heavy atom. The van der Waals surface area contributed by atoms with E-state index >= 15 is 0 Å². The molecule has 0 saturated carbocycles. The van der Waals surface area contributed by atoms with Crippen LogP contribution in [0.2, 0.25) is 10.0 Å². The molecule has 0 spiro atoms. The van der Waals surface area contributed by atoms with Crippen molar-refractivity contribution in [2.45, 2.75) is 6.42 Å². The van der Waals surface area contributed by atoms with Gasteiger partial charge in [-0.25, -0.2) is 12.8 Å². The van der Waals surface area contributed by atoms with Crippen LogP contribution >= 0.6 is 33.9 Å². The zero-order chi connectivity index (χ0) is 15.1. The Bertz CT molecular complexity index is 642. The molecule has 0 aromatic heterocycles. The molecule has 0 N–H and O–H groups in total.